The molecule has 4 heteroatoms. The first-order chi connectivity index (χ1) is 16.6. The molecule has 0 aliphatic heterocycles. The highest BCUT2D eigenvalue weighted by Gasteiger charge is 2.25. The van der Waals surface area contributed by atoms with E-state index in [0.29, 0.717) is 17.1 Å². The molecule has 0 atom stereocenters. The fourth-order valence-electron chi connectivity index (χ4n) is 3.90. The summed E-state index contributed by atoms with van der Waals surface area (Å²) in [6, 6.07) is 41.0. The van der Waals surface area contributed by atoms with Gasteiger partial charge >= 0.3 is 0 Å². The molecule has 0 radical (unpaired) electrons. The maximum Gasteiger partial charge on any atom is 0.210 e. The summed E-state index contributed by atoms with van der Waals surface area (Å²) in [6.07, 6.45) is 0. The quantitative estimate of drug-likeness (QED) is 0.260. The van der Waals surface area contributed by atoms with Crippen LogP contribution in [0.15, 0.2) is 143 Å². The topological polar surface area (TPSA) is 43.4 Å². The van der Waals surface area contributed by atoms with Crippen molar-refractivity contribution in [2.24, 2.45) is 0 Å². The number of benzene rings is 5. The van der Waals surface area contributed by atoms with Gasteiger partial charge in [-0.25, -0.2) is 8.42 Å². The zero-order chi connectivity index (χ0) is 23.4. The fraction of sp³-hybridized carbons (Fsp3) is 0. The van der Waals surface area contributed by atoms with Crippen LogP contribution >= 0.6 is 0 Å². The van der Waals surface area contributed by atoms with Crippen molar-refractivity contribution in [1.82, 2.24) is 0 Å². The highest BCUT2D eigenvalue weighted by molar-refractivity contribution is 7.91. The minimum Gasteiger partial charge on any atom is -0.456 e. The summed E-state index contributed by atoms with van der Waals surface area (Å²) in [7, 11) is -3.86. The van der Waals surface area contributed by atoms with Gasteiger partial charge in [-0.15, -0.1) is 0 Å². The molecule has 5 aromatic carbocycles. The van der Waals surface area contributed by atoms with Crippen LogP contribution in [0.3, 0.4) is 0 Å². The molecule has 0 saturated heterocycles. The van der Waals surface area contributed by atoms with E-state index in [2.05, 4.69) is 12.1 Å². The van der Waals surface area contributed by atoms with E-state index in [1.54, 1.807) is 48.5 Å². The first kappa shape index (κ1) is 21.7. The molecule has 0 aliphatic rings. The van der Waals surface area contributed by atoms with Crippen LogP contribution in [0.4, 0.5) is 0 Å². The lowest BCUT2D eigenvalue weighted by Crippen LogP contribution is -2.06. The van der Waals surface area contributed by atoms with Gasteiger partial charge < -0.3 is 4.74 Å². The smallest absolute Gasteiger partial charge is 0.210 e. The first-order valence-electron chi connectivity index (χ1n) is 10.9. The summed E-state index contributed by atoms with van der Waals surface area (Å²) in [5.74, 6) is 0.873. The van der Waals surface area contributed by atoms with Crippen LogP contribution in [0.1, 0.15) is 0 Å². The van der Waals surface area contributed by atoms with Gasteiger partial charge in [0.25, 0.3) is 0 Å². The standard InChI is InChI=1S/C30H22O3S/c31-34(32,30-18-10-8-16-28(30)33-26-13-5-2-6-14-26)29-17-9-7-15-27(29)25-21-19-24(20-22-25)23-11-3-1-4-12-23/h1-22H. The fourth-order valence-corrected chi connectivity index (χ4v) is 5.51. The SMILES string of the molecule is O=S(=O)(c1ccccc1Oc1ccccc1)c1ccccc1-c1ccc(-c2ccccc2)cc1. The second-order valence-corrected chi connectivity index (χ2v) is 9.69. The van der Waals surface area contributed by atoms with Crippen molar-refractivity contribution in [3.8, 4) is 33.8 Å². The number of sulfone groups is 1. The predicted molar refractivity (Wildman–Crippen MR) is 136 cm³/mol. The summed E-state index contributed by atoms with van der Waals surface area (Å²) in [5, 5.41) is 0. The Balaban J connectivity index is 1.55. The summed E-state index contributed by atoms with van der Waals surface area (Å²) < 4.78 is 33.6. The van der Waals surface area contributed by atoms with Crippen molar-refractivity contribution in [3.63, 3.8) is 0 Å². The van der Waals surface area contributed by atoms with Gasteiger partial charge in [0.05, 0.1) is 4.90 Å². The molecule has 0 saturated carbocycles. The van der Waals surface area contributed by atoms with Crippen LogP contribution in [0.5, 0.6) is 11.5 Å². The molecule has 0 aromatic heterocycles. The third kappa shape index (κ3) is 4.36. The lowest BCUT2D eigenvalue weighted by atomic mass is 10.0. The van der Waals surface area contributed by atoms with Crippen LogP contribution in [-0.4, -0.2) is 8.42 Å². The van der Waals surface area contributed by atoms with Crippen molar-refractivity contribution in [1.29, 1.82) is 0 Å². The first-order valence-corrected chi connectivity index (χ1v) is 12.4. The van der Waals surface area contributed by atoms with E-state index >= 15 is 0 Å². The van der Waals surface area contributed by atoms with Gasteiger partial charge in [-0.05, 0) is 47.0 Å². The third-order valence-corrected chi connectivity index (χ3v) is 7.44. The summed E-state index contributed by atoms with van der Waals surface area (Å²) >= 11 is 0. The number of rotatable bonds is 6. The molecular weight excluding hydrogens is 440 g/mol. The Morgan fingerprint density at radius 2 is 0.941 bits per heavy atom. The molecular formula is C30H22O3S. The van der Waals surface area contributed by atoms with Crippen molar-refractivity contribution < 1.29 is 13.2 Å². The largest absolute Gasteiger partial charge is 0.456 e. The van der Waals surface area contributed by atoms with Gasteiger partial charge in [0.2, 0.25) is 9.84 Å². The Labute approximate surface area is 199 Å². The molecule has 166 valence electrons. The van der Waals surface area contributed by atoms with Crippen LogP contribution in [0.2, 0.25) is 0 Å². The van der Waals surface area contributed by atoms with E-state index in [1.165, 1.54) is 0 Å². The van der Waals surface area contributed by atoms with Crippen LogP contribution < -0.4 is 4.74 Å². The Kier molecular flexibility index (Phi) is 5.98. The van der Waals surface area contributed by atoms with Gasteiger partial charge in [0, 0.05) is 5.56 Å². The molecule has 5 aromatic rings. The minimum atomic E-state index is -3.86. The number of ether oxygens (including phenoxy) is 1. The molecule has 0 N–H and O–H groups in total. The normalized spacial score (nSPS) is 11.2. The summed E-state index contributed by atoms with van der Waals surface area (Å²) in [4.78, 5) is 0.374. The molecule has 0 spiro atoms. The zero-order valence-corrected chi connectivity index (χ0v) is 19.2. The predicted octanol–water partition coefficient (Wildman–Crippen LogP) is 7.65. The van der Waals surface area contributed by atoms with E-state index in [1.807, 2.05) is 72.8 Å². The van der Waals surface area contributed by atoms with E-state index in [9.17, 15) is 8.42 Å². The van der Waals surface area contributed by atoms with E-state index < -0.39 is 9.84 Å². The summed E-state index contributed by atoms with van der Waals surface area (Å²) in [5.41, 5.74) is 3.67. The Morgan fingerprint density at radius 3 is 1.65 bits per heavy atom. The Hall–Kier alpha value is -4.15. The van der Waals surface area contributed by atoms with Crippen molar-refractivity contribution in [3.05, 3.63) is 133 Å². The van der Waals surface area contributed by atoms with E-state index in [-0.39, 0.29) is 9.79 Å². The average Bonchev–Trinajstić information content (AvgIpc) is 2.90. The van der Waals surface area contributed by atoms with E-state index in [0.717, 1.165) is 16.7 Å². The third-order valence-electron chi connectivity index (χ3n) is 5.59. The van der Waals surface area contributed by atoms with Crippen LogP contribution in [0, 0.1) is 0 Å². The minimum absolute atomic E-state index is 0.132. The zero-order valence-electron chi connectivity index (χ0n) is 18.3. The van der Waals surface area contributed by atoms with Gasteiger partial charge in [0.1, 0.15) is 16.4 Å². The molecule has 0 heterocycles. The Bertz CT molecular complexity index is 1510. The highest BCUT2D eigenvalue weighted by Crippen LogP contribution is 2.37. The van der Waals surface area contributed by atoms with Gasteiger partial charge in [-0.3, -0.25) is 0 Å². The second kappa shape index (κ2) is 9.38. The second-order valence-electron chi connectivity index (χ2n) is 7.80. The monoisotopic (exact) mass is 462 g/mol. The van der Waals surface area contributed by atoms with Crippen LogP contribution in [0.25, 0.3) is 22.3 Å². The summed E-state index contributed by atoms with van der Waals surface area (Å²) in [6.45, 7) is 0. The molecule has 0 amide bonds. The number of hydrogen-bond donors (Lipinski definition) is 0. The maximum absolute atomic E-state index is 13.8. The maximum atomic E-state index is 13.8. The molecule has 5 rings (SSSR count). The number of para-hydroxylation sites is 2. The van der Waals surface area contributed by atoms with Crippen LogP contribution in [-0.2, 0) is 9.84 Å². The van der Waals surface area contributed by atoms with Gasteiger partial charge in [-0.1, -0.05) is 103 Å². The molecule has 34 heavy (non-hydrogen) atoms. The molecule has 0 aliphatic carbocycles. The Morgan fingerprint density at radius 1 is 0.441 bits per heavy atom. The van der Waals surface area contributed by atoms with Crippen molar-refractivity contribution in [2.45, 2.75) is 9.79 Å². The lowest BCUT2D eigenvalue weighted by molar-refractivity contribution is 0.467. The molecule has 0 bridgehead atoms. The molecule has 0 unspecified atom stereocenters. The van der Waals surface area contributed by atoms with Gasteiger partial charge in [-0.2, -0.15) is 0 Å². The lowest BCUT2D eigenvalue weighted by Gasteiger charge is -2.15. The molecule has 0 fully saturated rings. The number of hydrogen-bond acceptors (Lipinski definition) is 3. The van der Waals surface area contributed by atoms with Crippen molar-refractivity contribution >= 4 is 9.84 Å². The molecule has 3 nitrogen and oxygen atoms in total. The average molecular weight is 463 g/mol. The van der Waals surface area contributed by atoms with Gasteiger partial charge in [0.15, 0.2) is 0 Å². The van der Waals surface area contributed by atoms with E-state index in [4.69, 9.17) is 4.74 Å². The van der Waals surface area contributed by atoms with Crippen molar-refractivity contribution in [2.75, 3.05) is 0 Å². The highest BCUT2D eigenvalue weighted by atomic mass is 32.2.